The molecule has 25 heavy (non-hydrogen) atoms. The Kier molecular flexibility index (Phi) is 4.96. The molecule has 0 spiro atoms. The molecule has 0 bridgehead atoms. The van der Waals surface area contributed by atoms with Crippen molar-refractivity contribution >= 4 is 27.5 Å². The van der Waals surface area contributed by atoms with E-state index in [1.807, 2.05) is 25.1 Å². The average Bonchev–Trinajstić information content (AvgIpc) is 2.94. The van der Waals surface area contributed by atoms with Gasteiger partial charge in [0.2, 0.25) is 0 Å². The van der Waals surface area contributed by atoms with E-state index in [0.717, 1.165) is 16.3 Å². The monoisotopic (exact) mass is 354 g/mol. The van der Waals surface area contributed by atoms with Crippen LogP contribution in [0.4, 0.5) is 4.39 Å². The highest BCUT2D eigenvalue weighted by molar-refractivity contribution is 7.16. The first-order valence-corrected chi connectivity index (χ1v) is 8.49. The van der Waals surface area contributed by atoms with Gasteiger partial charge in [-0.2, -0.15) is 4.99 Å². The zero-order valence-electron chi connectivity index (χ0n) is 13.5. The first-order chi connectivity index (χ1) is 12.1. The highest BCUT2D eigenvalue weighted by Gasteiger charge is 2.13. The molecule has 1 aromatic heterocycles. The number of fused-ring (bicyclic) bond motifs is 1. The van der Waals surface area contributed by atoms with Crippen molar-refractivity contribution in [2.24, 2.45) is 4.99 Å². The molecular weight excluding hydrogens is 339 g/mol. The number of ether oxygens (including phenoxy) is 1. The number of terminal acetylenes is 1. The van der Waals surface area contributed by atoms with E-state index < -0.39 is 11.7 Å². The maximum absolute atomic E-state index is 13.3. The zero-order chi connectivity index (χ0) is 17.8. The van der Waals surface area contributed by atoms with Crippen LogP contribution in [0.2, 0.25) is 0 Å². The Morgan fingerprint density at radius 1 is 1.36 bits per heavy atom. The Morgan fingerprint density at radius 2 is 2.16 bits per heavy atom. The van der Waals surface area contributed by atoms with Crippen LogP contribution in [0.1, 0.15) is 17.3 Å². The summed E-state index contributed by atoms with van der Waals surface area (Å²) >= 11 is 1.34. The van der Waals surface area contributed by atoms with Gasteiger partial charge in [-0.05, 0) is 37.3 Å². The molecule has 126 valence electrons. The summed E-state index contributed by atoms with van der Waals surface area (Å²) in [4.78, 5) is 17.0. The van der Waals surface area contributed by atoms with Gasteiger partial charge in [-0.15, -0.1) is 6.42 Å². The number of halogens is 1. The lowest BCUT2D eigenvalue weighted by Gasteiger charge is -2.07. The molecule has 3 rings (SSSR count). The quantitative estimate of drug-likeness (QED) is 0.672. The molecule has 0 aliphatic carbocycles. The highest BCUT2D eigenvalue weighted by atomic mass is 32.1. The van der Waals surface area contributed by atoms with Crippen molar-refractivity contribution in [3.05, 3.63) is 58.6 Å². The third-order valence-electron chi connectivity index (χ3n) is 3.48. The minimum Gasteiger partial charge on any atom is -0.492 e. The average molecular weight is 354 g/mol. The zero-order valence-corrected chi connectivity index (χ0v) is 14.3. The van der Waals surface area contributed by atoms with Crippen LogP contribution in [0.25, 0.3) is 10.2 Å². The van der Waals surface area contributed by atoms with Crippen LogP contribution >= 0.6 is 11.3 Å². The Balaban J connectivity index is 2.18. The molecule has 6 heteroatoms. The summed E-state index contributed by atoms with van der Waals surface area (Å²) in [7, 11) is 0. The largest absolute Gasteiger partial charge is 0.492 e. The second kappa shape index (κ2) is 7.32. The number of rotatable bonds is 4. The Hall–Kier alpha value is -2.91. The van der Waals surface area contributed by atoms with Crippen molar-refractivity contribution in [2.45, 2.75) is 13.5 Å². The van der Waals surface area contributed by atoms with Crippen molar-refractivity contribution in [1.82, 2.24) is 4.57 Å². The molecule has 2 aromatic carbocycles. The molecule has 0 saturated heterocycles. The second-order valence-corrected chi connectivity index (χ2v) is 6.15. The van der Waals surface area contributed by atoms with Crippen LogP contribution in [-0.2, 0) is 6.54 Å². The van der Waals surface area contributed by atoms with Crippen molar-refractivity contribution in [3.63, 3.8) is 0 Å². The van der Waals surface area contributed by atoms with Crippen molar-refractivity contribution < 1.29 is 13.9 Å². The van der Waals surface area contributed by atoms with Crippen LogP contribution < -0.4 is 9.54 Å². The van der Waals surface area contributed by atoms with Gasteiger partial charge in [0.15, 0.2) is 4.80 Å². The van der Waals surface area contributed by atoms with Gasteiger partial charge in [-0.1, -0.05) is 29.4 Å². The molecule has 0 fully saturated rings. The van der Waals surface area contributed by atoms with Crippen LogP contribution in [0, 0.1) is 18.2 Å². The predicted octanol–water partition coefficient (Wildman–Crippen LogP) is 3.61. The summed E-state index contributed by atoms with van der Waals surface area (Å²) in [5.74, 6) is 2.27. The van der Waals surface area contributed by atoms with E-state index in [4.69, 9.17) is 11.2 Å². The number of benzene rings is 2. The van der Waals surface area contributed by atoms with Crippen LogP contribution in [0.5, 0.6) is 5.75 Å². The number of carbonyl (C=O) groups excluding carboxylic acids is 1. The summed E-state index contributed by atoms with van der Waals surface area (Å²) in [6, 6.07) is 11.1. The molecule has 1 amide bonds. The van der Waals surface area contributed by atoms with Crippen molar-refractivity contribution in [1.29, 1.82) is 0 Å². The van der Waals surface area contributed by atoms with E-state index >= 15 is 0 Å². The molecule has 0 N–H and O–H groups in total. The summed E-state index contributed by atoms with van der Waals surface area (Å²) in [6.07, 6.45) is 5.48. The standard InChI is InChI=1S/C19H15FN2O2S/c1-3-11-22-17-15(24-4-2)9-6-10-16(17)25-19(22)21-18(23)13-7-5-8-14(20)12-13/h1,5-10,12H,4,11H2,2H3. The Bertz CT molecular complexity index is 1040. The molecule has 0 atom stereocenters. The van der Waals surface area contributed by atoms with Crippen LogP contribution in [-0.4, -0.2) is 17.1 Å². The van der Waals surface area contributed by atoms with Crippen LogP contribution in [0.15, 0.2) is 47.5 Å². The summed E-state index contributed by atoms with van der Waals surface area (Å²) in [6.45, 7) is 2.66. The maximum atomic E-state index is 13.3. The molecular formula is C19H15FN2O2S. The van der Waals surface area contributed by atoms with Gasteiger partial charge in [0.05, 0.1) is 17.9 Å². The van der Waals surface area contributed by atoms with Gasteiger partial charge < -0.3 is 9.30 Å². The number of nitrogens with zero attached hydrogens (tertiary/aromatic N) is 2. The second-order valence-electron chi connectivity index (χ2n) is 5.14. The fraction of sp³-hybridized carbons (Fsp3) is 0.158. The molecule has 0 aliphatic rings. The Labute approximate surface area is 148 Å². The number of carbonyl (C=O) groups is 1. The number of hydrogen-bond donors (Lipinski definition) is 0. The van der Waals surface area contributed by atoms with Crippen molar-refractivity contribution in [3.8, 4) is 18.1 Å². The molecule has 1 heterocycles. The first kappa shape index (κ1) is 16.9. The van der Waals surface area contributed by atoms with Gasteiger partial charge in [0, 0.05) is 5.56 Å². The molecule has 0 saturated carbocycles. The van der Waals surface area contributed by atoms with E-state index in [9.17, 15) is 9.18 Å². The third-order valence-corrected chi connectivity index (χ3v) is 4.53. The fourth-order valence-corrected chi connectivity index (χ4v) is 3.51. The topological polar surface area (TPSA) is 43.6 Å². The smallest absolute Gasteiger partial charge is 0.279 e. The number of hydrogen-bond acceptors (Lipinski definition) is 3. The van der Waals surface area contributed by atoms with E-state index in [2.05, 4.69) is 10.9 Å². The van der Waals surface area contributed by atoms with E-state index in [0.29, 0.717) is 17.2 Å². The van der Waals surface area contributed by atoms with Crippen LogP contribution in [0.3, 0.4) is 0 Å². The summed E-state index contributed by atoms with van der Waals surface area (Å²) < 4.78 is 21.7. The lowest BCUT2D eigenvalue weighted by atomic mass is 10.2. The van der Waals surface area contributed by atoms with Gasteiger partial charge in [0.25, 0.3) is 5.91 Å². The van der Waals surface area contributed by atoms with E-state index in [1.54, 1.807) is 4.57 Å². The SMILES string of the molecule is C#CCn1c(=NC(=O)c2cccc(F)c2)sc2cccc(OCC)c21. The summed E-state index contributed by atoms with van der Waals surface area (Å²) in [5.41, 5.74) is 0.993. The van der Waals surface area contributed by atoms with Gasteiger partial charge in [0.1, 0.15) is 17.1 Å². The third kappa shape index (κ3) is 3.47. The number of amides is 1. The summed E-state index contributed by atoms with van der Waals surface area (Å²) in [5, 5.41) is 0. The van der Waals surface area contributed by atoms with Gasteiger partial charge in [-0.25, -0.2) is 4.39 Å². The maximum Gasteiger partial charge on any atom is 0.279 e. The van der Waals surface area contributed by atoms with E-state index in [-0.39, 0.29) is 12.1 Å². The molecule has 0 radical (unpaired) electrons. The normalized spacial score (nSPS) is 11.5. The molecule has 0 unspecified atom stereocenters. The van der Waals surface area contributed by atoms with Gasteiger partial charge >= 0.3 is 0 Å². The van der Waals surface area contributed by atoms with Gasteiger partial charge in [-0.3, -0.25) is 4.79 Å². The number of aromatic nitrogens is 1. The lowest BCUT2D eigenvalue weighted by molar-refractivity contribution is 0.0997. The lowest BCUT2D eigenvalue weighted by Crippen LogP contribution is -2.17. The molecule has 3 aromatic rings. The number of thiazole rings is 1. The van der Waals surface area contributed by atoms with Crippen molar-refractivity contribution in [2.75, 3.05) is 6.61 Å². The molecule has 0 aliphatic heterocycles. The highest BCUT2D eigenvalue weighted by Crippen LogP contribution is 2.27. The van der Waals surface area contributed by atoms with E-state index in [1.165, 1.54) is 29.5 Å². The first-order valence-electron chi connectivity index (χ1n) is 7.67. The molecule has 4 nitrogen and oxygen atoms in total. The Morgan fingerprint density at radius 3 is 2.88 bits per heavy atom. The fourth-order valence-electron chi connectivity index (χ4n) is 2.47. The minimum atomic E-state index is -0.519. The number of para-hydroxylation sites is 1. The predicted molar refractivity (Wildman–Crippen MR) is 96.1 cm³/mol. The minimum absolute atomic E-state index is 0.190.